The first-order valence-electron chi connectivity index (χ1n) is 6.58. The summed E-state index contributed by atoms with van der Waals surface area (Å²) in [6.07, 6.45) is 0.729. The molecule has 20 heavy (non-hydrogen) atoms. The molecule has 0 unspecified atom stereocenters. The van der Waals surface area contributed by atoms with Crippen molar-refractivity contribution < 1.29 is 9.32 Å². The Labute approximate surface area is 117 Å². The number of carbonyl (C=O) groups is 1. The third kappa shape index (κ3) is 3.43. The molecule has 0 saturated carbocycles. The van der Waals surface area contributed by atoms with Gasteiger partial charge in [-0.3, -0.25) is 9.48 Å². The third-order valence-electron chi connectivity index (χ3n) is 2.84. The summed E-state index contributed by atoms with van der Waals surface area (Å²) in [4.78, 5) is 16.1. The van der Waals surface area contributed by atoms with E-state index in [1.807, 2.05) is 26.8 Å². The number of rotatable bonds is 5. The van der Waals surface area contributed by atoms with Crippen molar-refractivity contribution in [1.29, 1.82) is 0 Å². The van der Waals surface area contributed by atoms with Crippen LogP contribution in [-0.4, -0.2) is 25.8 Å². The second-order valence-electron chi connectivity index (χ2n) is 5.04. The summed E-state index contributed by atoms with van der Waals surface area (Å²) in [5.74, 6) is 1.96. The van der Waals surface area contributed by atoms with Gasteiger partial charge in [0.25, 0.3) is 0 Å². The van der Waals surface area contributed by atoms with E-state index in [0.29, 0.717) is 30.4 Å². The highest BCUT2D eigenvalue weighted by Gasteiger charge is 2.12. The van der Waals surface area contributed by atoms with Crippen molar-refractivity contribution in [1.82, 2.24) is 19.9 Å². The summed E-state index contributed by atoms with van der Waals surface area (Å²) in [7, 11) is 1.79. The summed E-state index contributed by atoms with van der Waals surface area (Å²) in [5.41, 5.74) is 0.862. The molecule has 0 aromatic carbocycles. The van der Waals surface area contributed by atoms with Crippen LogP contribution in [0, 0.1) is 6.92 Å². The van der Waals surface area contributed by atoms with Gasteiger partial charge in [0.1, 0.15) is 5.82 Å². The Morgan fingerprint density at radius 1 is 1.50 bits per heavy atom. The second kappa shape index (κ2) is 5.85. The Hall–Kier alpha value is -2.18. The van der Waals surface area contributed by atoms with E-state index < -0.39 is 0 Å². The molecule has 0 fully saturated rings. The molecule has 0 aliphatic heterocycles. The SMILES string of the molecule is Cc1cc(NC(=O)CCc2nc(C(C)C)no2)n(C)n1. The largest absolute Gasteiger partial charge is 0.339 e. The zero-order valence-electron chi connectivity index (χ0n) is 12.2. The second-order valence-corrected chi connectivity index (χ2v) is 5.04. The summed E-state index contributed by atoms with van der Waals surface area (Å²) in [5, 5.41) is 10.8. The van der Waals surface area contributed by atoms with Gasteiger partial charge in [0, 0.05) is 31.9 Å². The first kappa shape index (κ1) is 14.2. The predicted octanol–water partition coefficient (Wildman–Crippen LogP) is 1.81. The van der Waals surface area contributed by atoms with Crippen LogP contribution in [-0.2, 0) is 18.3 Å². The van der Waals surface area contributed by atoms with Gasteiger partial charge < -0.3 is 9.84 Å². The maximum absolute atomic E-state index is 11.8. The van der Waals surface area contributed by atoms with Crippen LogP contribution < -0.4 is 5.32 Å². The number of hydrogen-bond acceptors (Lipinski definition) is 5. The lowest BCUT2D eigenvalue weighted by molar-refractivity contribution is -0.116. The lowest BCUT2D eigenvalue weighted by Gasteiger charge is -2.03. The molecule has 1 amide bonds. The summed E-state index contributed by atoms with van der Waals surface area (Å²) < 4.78 is 6.73. The summed E-state index contributed by atoms with van der Waals surface area (Å²) in [6.45, 7) is 5.86. The predicted molar refractivity (Wildman–Crippen MR) is 73.3 cm³/mol. The van der Waals surface area contributed by atoms with E-state index in [-0.39, 0.29) is 11.8 Å². The molecular formula is C13H19N5O2. The quantitative estimate of drug-likeness (QED) is 0.900. The maximum atomic E-state index is 11.8. The lowest BCUT2D eigenvalue weighted by atomic mass is 10.2. The van der Waals surface area contributed by atoms with Crippen LogP contribution in [0.15, 0.2) is 10.6 Å². The van der Waals surface area contributed by atoms with Crippen LogP contribution in [0.3, 0.4) is 0 Å². The molecule has 2 heterocycles. The fourth-order valence-corrected chi connectivity index (χ4v) is 1.76. The number of aryl methyl sites for hydroxylation is 3. The highest BCUT2D eigenvalue weighted by molar-refractivity contribution is 5.89. The van der Waals surface area contributed by atoms with Crippen LogP contribution in [0.1, 0.15) is 43.6 Å². The molecule has 0 aliphatic carbocycles. The standard InChI is InChI=1S/C13H19N5O2/c1-8(2)13-15-12(20-17-13)6-5-11(19)14-10-7-9(3)16-18(10)4/h7-8H,5-6H2,1-4H3,(H,14,19). The van der Waals surface area contributed by atoms with Crippen LogP contribution in [0.5, 0.6) is 0 Å². The van der Waals surface area contributed by atoms with E-state index in [0.717, 1.165) is 5.69 Å². The fraction of sp³-hybridized carbons (Fsp3) is 0.538. The number of hydrogen-bond donors (Lipinski definition) is 1. The lowest BCUT2D eigenvalue weighted by Crippen LogP contribution is -2.15. The number of anilines is 1. The van der Waals surface area contributed by atoms with Crippen molar-refractivity contribution in [2.75, 3.05) is 5.32 Å². The average Bonchev–Trinajstić information content (AvgIpc) is 2.94. The smallest absolute Gasteiger partial charge is 0.227 e. The molecule has 0 spiro atoms. The van der Waals surface area contributed by atoms with Gasteiger partial charge in [0.15, 0.2) is 5.82 Å². The molecule has 1 N–H and O–H groups in total. The van der Waals surface area contributed by atoms with E-state index >= 15 is 0 Å². The first-order chi connectivity index (χ1) is 9.45. The topological polar surface area (TPSA) is 85.8 Å². The molecule has 0 saturated heterocycles. The Morgan fingerprint density at radius 3 is 2.80 bits per heavy atom. The molecule has 7 nitrogen and oxygen atoms in total. The number of nitrogens with zero attached hydrogens (tertiary/aromatic N) is 4. The minimum absolute atomic E-state index is 0.0997. The van der Waals surface area contributed by atoms with Crippen LogP contribution in [0.2, 0.25) is 0 Å². The van der Waals surface area contributed by atoms with E-state index in [4.69, 9.17) is 4.52 Å². The van der Waals surface area contributed by atoms with Crippen LogP contribution in [0.4, 0.5) is 5.82 Å². The number of nitrogens with one attached hydrogen (secondary N) is 1. The van der Waals surface area contributed by atoms with Crippen molar-refractivity contribution in [3.8, 4) is 0 Å². The molecule has 0 aliphatic rings. The fourth-order valence-electron chi connectivity index (χ4n) is 1.76. The van der Waals surface area contributed by atoms with Crippen LogP contribution in [0.25, 0.3) is 0 Å². The normalized spacial score (nSPS) is 11.1. The van der Waals surface area contributed by atoms with Gasteiger partial charge in [0.05, 0.1) is 5.69 Å². The molecule has 2 rings (SSSR count). The zero-order chi connectivity index (χ0) is 14.7. The summed E-state index contributed by atoms with van der Waals surface area (Å²) in [6, 6.07) is 1.82. The van der Waals surface area contributed by atoms with E-state index in [1.165, 1.54) is 0 Å². The molecule has 2 aromatic heterocycles. The van der Waals surface area contributed by atoms with Crippen molar-refractivity contribution in [3.05, 3.63) is 23.5 Å². The molecule has 0 radical (unpaired) electrons. The Balaban J connectivity index is 1.87. The average molecular weight is 277 g/mol. The van der Waals surface area contributed by atoms with Crippen molar-refractivity contribution in [3.63, 3.8) is 0 Å². The van der Waals surface area contributed by atoms with Gasteiger partial charge in [-0.1, -0.05) is 19.0 Å². The van der Waals surface area contributed by atoms with E-state index in [9.17, 15) is 4.79 Å². The number of carbonyl (C=O) groups excluding carboxylic acids is 1. The zero-order valence-corrected chi connectivity index (χ0v) is 12.2. The van der Waals surface area contributed by atoms with Gasteiger partial charge in [-0.25, -0.2) is 0 Å². The van der Waals surface area contributed by atoms with Crippen LogP contribution >= 0.6 is 0 Å². The minimum Gasteiger partial charge on any atom is -0.339 e. The Bertz CT molecular complexity index is 600. The molecule has 7 heteroatoms. The molecule has 0 bridgehead atoms. The highest BCUT2D eigenvalue weighted by Crippen LogP contribution is 2.12. The van der Waals surface area contributed by atoms with Crippen molar-refractivity contribution >= 4 is 11.7 Å². The molecule has 108 valence electrons. The van der Waals surface area contributed by atoms with Gasteiger partial charge >= 0.3 is 0 Å². The third-order valence-corrected chi connectivity index (χ3v) is 2.84. The van der Waals surface area contributed by atoms with Gasteiger partial charge in [-0.05, 0) is 6.92 Å². The minimum atomic E-state index is -0.0997. The summed E-state index contributed by atoms with van der Waals surface area (Å²) >= 11 is 0. The first-order valence-corrected chi connectivity index (χ1v) is 6.58. The molecule has 0 atom stereocenters. The van der Waals surface area contributed by atoms with Crippen molar-refractivity contribution in [2.24, 2.45) is 7.05 Å². The maximum Gasteiger partial charge on any atom is 0.227 e. The monoisotopic (exact) mass is 277 g/mol. The highest BCUT2D eigenvalue weighted by atomic mass is 16.5. The number of amides is 1. The molecule has 2 aromatic rings. The van der Waals surface area contributed by atoms with Gasteiger partial charge in [0.2, 0.25) is 11.8 Å². The molecular weight excluding hydrogens is 258 g/mol. The Kier molecular flexibility index (Phi) is 4.16. The van der Waals surface area contributed by atoms with E-state index in [2.05, 4.69) is 20.6 Å². The van der Waals surface area contributed by atoms with Gasteiger partial charge in [-0.15, -0.1) is 0 Å². The van der Waals surface area contributed by atoms with E-state index in [1.54, 1.807) is 11.7 Å². The number of aromatic nitrogens is 4. The van der Waals surface area contributed by atoms with Crippen molar-refractivity contribution in [2.45, 2.75) is 39.5 Å². The Morgan fingerprint density at radius 2 is 2.25 bits per heavy atom. The van der Waals surface area contributed by atoms with Gasteiger partial charge in [-0.2, -0.15) is 10.1 Å².